The standard InChI is InChI=1S/C16H21N3O2/c1-3-17-15-13-8-6-5-7-12(13)11-14(18-15)16(21)19(4-2)9-10-20/h5-8,11,20H,3-4,9-10H2,1-2H3,(H,17,18). The molecule has 0 fully saturated rings. The van der Waals surface area contributed by atoms with Gasteiger partial charge in [-0.05, 0) is 25.3 Å². The minimum Gasteiger partial charge on any atom is -0.395 e. The van der Waals surface area contributed by atoms with Crippen LogP contribution < -0.4 is 5.32 Å². The molecule has 112 valence electrons. The van der Waals surface area contributed by atoms with Crippen LogP contribution in [0.5, 0.6) is 0 Å². The molecule has 21 heavy (non-hydrogen) atoms. The van der Waals surface area contributed by atoms with Gasteiger partial charge < -0.3 is 15.3 Å². The maximum Gasteiger partial charge on any atom is 0.272 e. The monoisotopic (exact) mass is 287 g/mol. The number of rotatable bonds is 6. The minimum atomic E-state index is -0.156. The molecule has 2 rings (SSSR count). The summed E-state index contributed by atoms with van der Waals surface area (Å²) in [6, 6.07) is 9.66. The van der Waals surface area contributed by atoms with Crippen molar-refractivity contribution in [1.29, 1.82) is 0 Å². The van der Waals surface area contributed by atoms with E-state index in [-0.39, 0.29) is 12.5 Å². The first-order valence-electron chi connectivity index (χ1n) is 7.25. The highest BCUT2D eigenvalue weighted by atomic mass is 16.3. The van der Waals surface area contributed by atoms with Gasteiger partial charge in [0.1, 0.15) is 11.5 Å². The van der Waals surface area contributed by atoms with E-state index in [1.165, 1.54) is 0 Å². The summed E-state index contributed by atoms with van der Waals surface area (Å²) in [7, 11) is 0. The molecule has 0 saturated heterocycles. The first kappa shape index (κ1) is 15.3. The van der Waals surface area contributed by atoms with Crippen LogP contribution in [0.25, 0.3) is 10.8 Å². The van der Waals surface area contributed by atoms with Gasteiger partial charge in [0.15, 0.2) is 0 Å². The number of fused-ring (bicyclic) bond motifs is 1. The predicted octanol–water partition coefficient (Wildman–Crippen LogP) is 2.12. The summed E-state index contributed by atoms with van der Waals surface area (Å²) < 4.78 is 0. The summed E-state index contributed by atoms with van der Waals surface area (Å²) in [6.07, 6.45) is 0. The van der Waals surface area contributed by atoms with E-state index in [1.807, 2.05) is 38.1 Å². The van der Waals surface area contributed by atoms with Gasteiger partial charge in [-0.3, -0.25) is 4.79 Å². The van der Waals surface area contributed by atoms with E-state index in [4.69, 9.17) is 5.11 Å². The lowest BCUT2D eigenvalue weighted by molar-refractivity contribution is 0.0726. The van der Waals surface area contributed by atoms with Crippen molar-refractivity contribution in [2.24, 2.45) is 0 Å². The van der Waals surface area contributed by atoms with Crippen LogP contribution in [0.3, 0.4) is 0 Å². The number of carbonyl (C=O) groups excluding carboxylic acids is 1. The van der Waals surface area contributed by atoms with Crippen LogP contribution in [0.15, 0.2) is 30.3 Å². The zero-order chi connectivity index (χ0) is 15.2. The average Bonchev–Trinajstić information content (AvgIpc) is 2.52. The minimum absolute atomic E-state index is 0.0484. The Morgan fingerprint density at radius 3 is 2.76 bits per heavy atom. The fraction of sp³-hybridized carbons (Fsp3) is 0.375. The number of nitrogens with zero attached hydrogens (tertiary/aromatic N) is 2. The van der Waals surface area contributed by atoms with Gasteiger partial charge in [0.25, 0.3) is 5.91 Å². The molecule has 0 radical (unpaired) electrons. The number of aliphatic hydroxyl groups is 1. The van der Waals surface area contributed by atoms with Crippen LogP contribution in [0, 0.1) is 0 Å². The van der Waals surface area contributed by atoms with E-state index >= 15 is 0 Å². The lowest BCUT2D eigenvalue weighted by Crippen LogP contribution is -2.34. The third-order valence-electron chi connectivity index (χ3n) is 3.34. The van der Waals surface area contributed by atoms with E-state index in [0.29, 0.717) is 18.8 Å². The summed E-state index contributed by atoms with van der Waals surface area (Å²) in [4.78, 5) is 18.5. The van der Waals surface area contributed by atoms with E-state index in [1.54, 1.807) is 11.0 Å². The van der Waals surface area contributed by atoms with Crippen LogP contribution in [-0.4, -0.2) is 47.1 Å². The summed E-state index contributed by atoms with van der Waals surface area (Å²) in [5.41, 5.74) is 0.403. The molecule has 0 aliphatic rings. The maximum atomic E-state index is 12.5. The largest absolute Gasteiger partial charge is 0.395 e. The smallest absolute Gasteiger partial charge is 0.272 e. The van der Waals surface area contributed by atoms with Gasteiger partial charge in [-0.15, -0.1) is 0 Å². The second-order valence-corrected chi connectivity index (χ2v) is 4.72. The molecule has 1 aromatic heterocycles. The van der Waals surface area contributed by atoms with Crippen molar-refractivity contribution in [3.8, 4) is 0 Å². The molecule has 0 unspecified atom stereocenters. The lowest BCUT2D eigenvalue weighted by Gasteiger charge is -2.20. The number of nitrogens with one attached hydrogen (secondary N) is 1. The Labute approximate surface area is 124 Å². The number of anilines is 1. The fourth-order valence-electron chi connectivity index (χ4n) is 2.30. The van der Waals surface area contributed by atoms with Gasteiger partial charge in [0, 0.05) is 25.0 Å². The molecule has 1 heterocycles. The molecular weight excluding hydrogens is 266 g/mol. The molecule has 0 atom stereocenters. The van der Waals surface area contributed by atoms with Gasteiger partial charge >= 0.3 is 0 Å². The Morgan fingerprint density at radius 1 is 1.33 bits per heavy atom. The molecule has 0 bridgehead atoms. The molecule has 0 aliphatic carbocycles. The van der Waals surface area contributed by atoms with Gasteiger partial charge in [0.05, 0.1) is 6.61 Å². The van der Waals surface area contributed by atoms with Crippen LogP contribution in [0.1, 0.15) is 24.3 Å². The van der Waals surface area contributed by atoms with Crippen molar-refractivity contribution in [2.75, 3.05) is 31.6 Å². The van der Waals surface area contributed by atoms with Crippen molar-refractivity contribution < 1.29 is 9.90 Å². The average molecular weight is 287 g/mol. The van der Waals surface area contributed by atoms with Crippen LogP contribution >= 0.6 is 0 Å². The number of benzene rings is 1. The van der Waals surface area contributed by atoms with E-state index < -0.39 is 0 Å². The molecule has 0 saturated carbocycles. The molecule has 1 aromatic carbocycles. The third kappa shape index (κ3) is 3.31. The van der Waals surface area contributed by atoms with Crippen molar-refractivity contribution in [3.05, 3.63) is 36.0 Å². The van der Waals surface area contributed by atoms with Gasteiger partial charge in [0.2, 0.25) is 0 Å². The second kappa shape index (κ2) is 7.04. The lowest BCUT2D eigenvalue weighted by atomic mass is 10.1. The molecule has 5 nitrogen and oxygen atoms in total. The first-order chi connectivity index (χ1) is 10.2. The number of aliphatic hydroxyl groups excluding tert-OH is 1. The molecule has 1 amide bonds. The normalized spacial score (nSPS) is 10.6. The predicted molar refractivity (Wildman–Crippen MR) is 84.6 cm³/mol. The zero-order valence-corrected chi connectivity index (χ0v) is 12.5. The number of likely N-dealkylation sites (N-methyl/N-ethyl adjacent to an activating group) is 1. The van der Waals surface area contributed by atoms with Crippen molar-refractivity contribution in [1.82, 2.24) is 9.88 Å². The Hall–Kier alpha value is -2.14. The summed E-state index contributed by atoms with van der Waals surface area (Å²) in [5, 5.41) is 14.2. The molecule has 0 aliphatic heterocycles. The van der Waals surface area contributed by atoms with Crippen LogP contribution in [0.2, 0.25) is 0 Å². The number of pyridine rings is 1. The Kier molecular flexibility index (Phi) is 5.11. The van der Waals surface area contributed by atoms with E-state index in [0.717, 1.165) is 23.1 Å². The highest BCUT2D eigenvalue weighted by molar-refractivity contribution is 6.00. The number of amides is 1. The Balaban J connectivity index is 2.46. The second-order valence-electron chi connectivity index (χ2n) is 4.72. The van der Waals surface area contributed by atoms with Crippen molar-refractivity contribution in [2.45, 2.75) is 13.8 Å². The van der Waals surface area contributed by atoms with Gasteiger partial charge in [-0.25, -0.2) is 4.98 Å². The topological polar surface area (TPSA) is 65.5 Å². The van der Waals surface area contributed by atoms with Gasteiger partial charge in [-0.2, -0.15) is 0 Å². The first-order valence-corrected chi connectivity index (χ1v) is 7.25. The van der Waals surface area contributed by atoms with Crippen LogP contribution in [0.4, 0.5) is 5.82 Å². The number of hydrogen-bond donors (Lipinski definition) is 2. The van der Waals surface area contributed by atoms with E-state index in [9.17, 15) is 4.79 Å². The fourth-order valence-corrected chi connectivity index (χ4v) is 2.30. The van der Waals surface area contributed by atoms with E-state index in [2.05, 4.69) is 10.3 Å². The quantitative estimate of drug-likeness (QED) is 0.854. The highest BCUT2D eigenvalue weighted by Gasteiger charge is 2.17. The zero-order valence-electron chi connectivity index (χ0n) is 12.5. The summed E-state index contributed by atoms with van der Waals surface area (Å²) >= 11 is 0. The Bertz CT molecular complexity index is 628. The molecule has 5 heteroatoms. The number of aromatic nitrogens is 1. The maximum absolute atomic E-state index is 12.5. The van der Waals surface area contributed by atoms with Crippen LogP contribution in [-0.2, 0) is 0 Å². The molecular formula is C16H21N3O2. The number of hydrogen-bond acceptors (Lipinski definition) is 4. The highest BCUT2D eigenvalue weighted by Crippen LogP contribution is 2.23. The van der Waals surface area contributed by atoms with Crippen molar-refractivity contribution in [3.63, 3.8) is 0 Å². The molecule has 2 aromatic rings. The van der Waals surface area contributed by atoms with Gasteiger partial charge in [-0.1, -0.05) is 24.3 Å². The summed E-state index contributed by atoms with van der Waals surface area (Å²) in [5.74, 6) is 0.565. The SMILES string of the molecule is CCNc1nc(C(=O)N(CC)CCO)cc2ccccc12. The Morgan fingerprint density at radius 2 is 2.10 bits per heavy atom. The third-order valence-corrected chi connectivity index (χ3v) is 3.34. The summed E-state index contributed by atoms with van der Waals surface area (Å²) in [6.45, 7) is 5.44. The van der Waals surface area contributed by atoms with Crippen molar-refractivity contribution >= 4 is 22.5 Å². The molecule has 0 spiro atoms. The molecule has 2 N–H and O–H groups in total. The number of carbonyl (C=O) groups is 1.